The number of anilines is 2. The minimum atomic E-state index is -0.469. The van der Waals surface area contributed by atoms with E-state index in [1.165, 1.54) is 5.56 Å². The zero-order valence-electron chi connectivity index (χ0n) is 19.4. The van der Waals surface area contributed by atoms with Crippen LogP contribution in [-0.4, -0.2) is 5.97 Å². The number of esters is 1. The first-order valence-electron chi connectivity index (χ1n) is 10.8. The lowest BCUT2D eigenvalue weighted by molar-refractivity contribution is -0.128. The number of carbonyl (C=O) groups is 1. The Balaban J connectivity index is 1.93. The van der Waals surface area contributed by atoms with Crippen molar-refractivity contribution >= 4 is 17.3 Å². The highest BCUT2D eigenvalue weighted by molar-refractivity contribution is 5.83. The van der Waals surface area contributed by atoms with E-state index in [1.54, 1.807) is 12.1 Å². The van der Waals surface area contributed by atoms with Crippen LogP contribution >= 0.6 is 0 Å². The van der Waals surface area contributed by atoms with E-state index >= 15 is 0 Å². The predicted molar refractivity (Wildman–Crippen MR) is 139 cm³/mol. The summed E-state index contributed by atoms with van der Waals surface area (Å²) in [5, 5.41) is 0. The van der Waals surface area contributed by atoms with Gasteiger partial charge in [-0.15, -0.1) is 0 Å². The molecule has 0 saturated heterocycles. The van der Waals surface area contributed by atoms with E-state index in [2.05, 4.69) is 85.7 Å². The fraction of sp³-hybridized carbons (Fsp3) is 0.100. The van der Waals surface area contributed by atoms with E-state index in [9.17, 15) is 4.79 Å². The lowest BCUT2D eigenvalue weighted by Crippen LogP contribution is -2.15. The molecule has 0 heterocycles. The molecule has 0 N–H and O–H groups in total. The lowest BCUT2D eigenvalue weighted by Gasteiger charge is -2.26. The molecule has 0 spiro atoms. The van der Waals surface area contributed by atoms with Gasteiger partial charge in [0.25, 0.3) is 0 Å². The lowest BCUT2D eigenvalue weighted by atomic mass is 10.0. The summed E-state index contributed by atoms with van der Waals surface area (Å²) in [6, 6.07) is 24.3. The molecule has 33 heavy (non-hydrogen) atoms. The first kappa shape index (κ1) is 23.6. The summed E-state index contributed by atoms with van der Waals surface area (Å²) in [5.74, 6) is 0.0246. The van der Waals surface area contributed by atoms with Crippen LogP contribution < -0.4 is 9.64 Å². The van der Waals surface area contributed by atoms with Crippen molar-refractivity contribution in [2.24, 2.45) is 0 Å². The molecule has 0 atom stereocenters. The van der Waals surface area contributed by atoms with Crippen LogP contribution in [-0.2, 0) is 4.79 Å². The van der Waals surface area contributed by atoms with Gasteiger partial charge in [0.2, 0.25) is 0 Å². The van der Waals surface area contributed by atoms with E-state index in [-0.39, 0.29) is 0 Å². The highest BCUT2D eigenvalue weighted by Gasteiger charge is 2.13. The number of hydrogen-bond donors (Lipinski definition) is 0. The van der Waals surface area contributed by atoms with Gasteiger partial charge in [0.05, 0.1) is 0 Å². The smallest absolute Gasteiger partial charge is 0.335 e. The molecule has 0 saturated carbocycles. The summed E-state index contributed by atoms with van der Waals surface area (Å²) in [4.78, 5) is 13.6. The van der Waals surface area contributed by atoms with Gasteiger partial charge < -0.3 is 9.64 Å². The standard InChI is InChI=1S/C30H29NO2/c1-6-26(15-8-22(3)4)31(27-16-9-23(5)10-17-27)28-18-11-24(12-19-28)25-13-20-29(21-14-25)33-30(32)7-2/h6-21H,2-3H2,1,4-5H3/b15-8-,26-6+. The Hall–Kier alpha value is -4.11. The largest absolute Gasteiger partial charge is 0.423 e. The summed E-state index contributed by atoms with van der Waals surface area (Å²) >= 11 is 0. The summed E-state index contributed by atoms with van der Waals surface area (Å²) in [5.41, 5.74) is 7.52. The molecule has 3 rings (SSSR count). The fourth-order valence-electron chi connectivity index (χ4n) is 3.34. The maximum Gasteiger partial charge on any atom is 0.335 e. The molecule has 0 aliphatic heterocycles. The second-order valence-corrected chi connectivity index (χ2v) is 7.76. The van der Waals surface area contributed by atoms with Crippen molar-refractivity contribution in [2.45, 2.75) is 20.8 Å². The third-order valence-electron chi connectivity index (χ3n) is 5.08. The second kappa shape index (κ2) is 11.0. The van der Waals surface area contributed by atoms with Crippen LogP contribution in [0.25, 0.3) is 11.1 Å². The number of ether oxygens (including phenoxy) is 1. The van der Waals surface area contributed by atoms with E-state index in [1.807, 2.05) is 32.1 Å². The van der Waals surface area contributed by atoms with E-state index in [4.69, 9.17) is 4.74 Å². The normalized spacial score (nSPS) is 11.3. The molecule has 0 unspecified atom stereocenters. The van der Waals surface area contributed by atoms with Gasteiger partial charge in [-0.05, 0) is 74.4 Å². The van der Waals surface area contributed by atoms with Gasteiger partial charge in [-0.2, -0.15) is 0 Å². The highest BCUT2D eigenvalue weighted by atomic mass is 16.5. The Morgan fingerprint density at radius 3 is 1.85 bits per heavy atom. The molecule has 0 radical (unpaired) electrons. The molecule has 166 valence electrons. The molecule has 0 fully saturated rings. The van der Waals surface area contributed by atoms with Crippen molar-refractivity contribution in [3.05, 3.63) is 127 Å². The molecule has 3 nitrogen and oxygen atoms in total. The average molecular weight is 436 g/mol. The van der Waals surface area contributed by atoms with Gasteiger partial charge in [0.15, 0.2) is 0 Å². The second-order valence-electron chi connectivity index (χ2n) is 7.76. The molecule has 0 bridgehead atoms. The number of nitrogens with zero attached hydrogens (tertiary/aromatic N) is 1. The van der Waals surface area contributed by atoms with Gasteiger partial charge in [-0.3, -0.25) is 0 Å². The maximum absolute atomic E-state index is 11.4. The SMILES string of the molecule is C=CC(=O)Oc1ccc(-c2ccc(N(C(/C=C\C(=C)C)=C/C)c3ccc(C)cc3)cc2)cc1. The Bertz CT molecular complexity index is 1180. The van der Waals surface area contributed by atoms with Gasteiger partial charge in [-0.25, -0.2) is 4.79 Å². The van der Waals surface area contributed by atoms with Crippen LogP contribution in [0.5, 0.6) is 5.75 Å². The predicted octanol–water partition coefficient (Wildman–Crippen LogP) is 7.93. The molecule has 3 aromatic carbocycles. The number of aryl methyl sites for hydroxylation is 1. The Kier molecular flexibility index (Phi) is 7.82. The summed E-state index contributed by atoms with van der Waals surface area (Å²) in [6.45, 7) is 13.5. The minimum Gasteiger partial charge on any atom is -0.423 e. The Morgan fingerprint density at radius 2 is 1.36 bits per heavy atom. The monoisotopic (exact) mass is 435 g/mol. The fourth-order valence-corrected chi connectivity index (χ4v) is 3.34. The van der Waals surface area contributed by atoms with Crippen LogP contribution in [0.15, 0.2) is 122 Å². The van der Waals surface area contributed by atoms with Gasteiger partial charge in [-0.1, -0.05) is 72.8 Å². The third kappa shape index (κ3) is 6.20. The van der Waals surface area contributed by atoms with Crippen LogP contribution in [0.1, 0.15) is 19.4 Å². The molecule has 0 aromatic heterocycles. The van der Waals surface area contributed by atoms with Crippen molar-refractivity contribution < 1.29 is 9.53 Å². The summed E-state index contributed by atoms with van der Waals surface area (Å²) in [6.07, 6.45) is 7.35. The van der Waals surface area contributed by atoms with Crippen molar-refractivity contribution in [1.29, 1.82) is 0 Å². The molecular weight excluding hydrogens is 406 g/mol. The number of benzene rings is 3. The zero-order valence-corrected chi connectivity index (χ0v) is 19.4. The highest BCUT2D eigenvalue weighted by Crippen LogP contribution is 2.33. The summed E-state index contributed by atoms with van der Waals surface area (Å²) in [7, 11) is 0. The van der Waals surface area contributed by atoms with Gasteiger partial charge in [0, 0.05) is 23.1 Å². The maximum atomic E-state index is 11.4. The van der Waals surface area contributed by atoms with Crippen LogP contribution in [0.2, 0.25) is 0 Å². The van der Waals surface area contributed by atoms with Crippen molar-refractivity contribution in [2.75, 3.05) is 4.90 Å². The van der Waals surface area contributed by atoms with E-state index < -0.39 is 5.97 Å². The number of rotatable bonds is 8. The Labute approximate surface area is 196 Å². The number of allylic oxidation sites excluding steroid dienone is 4. The van der Waals surface area contributed by atoms with Crippen LogP contribution in [0.3, 0.4) is 0 Å². The van der Waals surface area contributed by atoms with Crippen molar-refractivity contribution in [3.63, 3.8) is 0 Å². The molecule has 0 aliphatic rings. The topological polar surface area (TPSA) is 29.5 Å². The number of carbonyl (C=O) groups excluding carboxylic acids is 1. The van der Waals surface area contributed by atoms with E-state index in [0.29, 0.717) is 5.75 Å². The zero-order chi connectivity index (χ0) is 23.8. The van der Waals surface area contributed by atoms with Crippen molar-refractivity contribution in [3.8, 4) is 16.9 Å². The number of hydrogen-bond acceptors (Lipinski definition) is 3. The molecule has 3 heteroatoms. The van der Waals surface area contributed by atoms with Crippen LogP contribution in [0, 0.1) is 6.92 Å². The quantitative estimate of drug-likeness (QED) is 0.156. The molecular formula is C30H29NO2. The third-order valence-corrected chi connectivity index (χ3v) is 5.08. The Morgan fingerprint density at radius 1 is 0.848 bits per heavy atom. The summed E-state index contributed by atoms with van der Waals surface area (Å²) < 4.78 is 5.16. The molecule has 3 aromatic rings. The molecule has 0 amide bonds. The average Bonchev–Trinajstić information content (AvgIpc) is 2.83. The van der Waals surface area contributed by atoms with Gasteiger partial charge in [0.1, 0.15) is 5.75 Å². The first-order valence-corrected chi connectivity index (χ1v) is 10.8. The van der Waals surface area contributed by atoms with Crippen molar-refractivity contribution in [1.82, 2.24) is 0 Å². The molecule has 0 aliphatic carbocycles. The van der Waals surface area contributed by atoms with Gasteiger partial charge >= 0.3 is 5.97 Å². The van der Waals surface area contributed by atoms with Crippen LogP contribution in [0.4, 0.5) is 11.4 Å². The van der Waals surface area contributed by atoms with E-state index in [0.717, 1.165) is 39.8 Å². The minimum absolute atomic E-state index is 0.469. The first-order chi connectivity index (χ1) is 15.9.